The van der Waals surface area contributed by atoms with Crippen LogP contribution >= 0.6 is 0 Å². The molecule has 5 nitrogen and oxygen atoms in total. The predicted molar refractivity (Wildman–Crippen MR) is 174 cm³/mol. The fraction of sp³-hybridized carbons (Fsp3) is 0.618. The molecule has 2 aromatic carbocycles. The van der Waals surface area contributed by atoms with Crippen molar-refractivity contribution >= 4 is 32.8 Å². The summed E-state index contributed by atoms with van der Waals surface area (Å²) < 4.78 is 26.9. The van der Waals surface area contributed by atoms with Crippen molar-refractivity contribution in [2.75, 3.05) is 6.61 Å². The minimum absolute atomic E-state index is 0.00727. The molecule has 0 aliphatic carbocycles. The Balaban J connectivity index is 2.02. The summed E-state index contributed by atoms with van der Waals surface area (Å²) >= 11 is 0. The number of hydrogen-bond acceptors (Lipinski definition) is 5. The van der Waals surface area contributed by atoms with E-state index in [9.17, 15) is 4.79 Å². The summed E-state index contributed by atoms with van der Waals surface area (Å²) in [7, 11) is -4.69. The van der Waals surface area contributed by atoms with Crippen LogP contribution in [0.2, 0.25) is 23.2 Å². The van der Waals surface area contributed by atoms with Gasteiger partial charge >= 0.3 is 0 Å². The van der Waals surface area contributed by atoms with Crippen molar-refractivity contribution in [3.63, 3.8) is 0 Å². The molecule has 2 aromatic rings. The molecule has 0 saturated carbocycles. The zero-order valence-electron chi connectivity index (χ0n) is 27.2. The molecule has 1 heterocycles. The molecule has 0 bridgehead atoms. The molecular formula is C34H54O5Si2. The number of ether oxygens (including phenoxy) is 2. The molecule has 0 unspecified atom stereocenters. The van der Waals surface area contributed by atoms with Gasteiger partial charge in [-0.2, -0.15) is 0 Å². The van der Waals surface area contributed by atoms with Crippen molar-refractivity contribution in [2.45, 2.75) is 123 Å². The van der Waals surface area contributed by atoms with Crippen molar-refractivity contribution in [2.24, 2.45) is 5.92 Å². The summed E-state index contributed by atoms with van der Waals surface area (Å²) in [4.78, 5) is 12.5. The maximum absolute atomic E-state index is 12.5. The number of carbonyl (C=O) groups excluding carboxylic acids is 1. The lowest BCUT2D eigenvalue weighted by atomic mass is 9.92. The molecule has 41 heavy (non-hydrogen) atoms. The fourth-order valence-electron chi connectivity index (χ4n) is 6.55. The van der Waals surface area contributed by atoms with Crippen molar-refractivity contribution in [1.29, 1.82) is 0 Å². The summed E-state index contributed by atoms with van der Waals surface area (Å²) in [6.45, 7) is 21.8. The highest BCUT2D eigenvalue weighted by molar-refractivity contribution is 6.99. The van der Waals surface area contributed by atoms with E-state index in [-0.39, 0.29) is 28.9 Å². The Hall–Kier alpha value is -1.62. The Kier molecular flexibility index (Phi) is 11.4. The first-order valence-electron chi connectivity index (χ1n) is 15.5. The molecule has 3 rings (SSSR count). The molecular weight excluding hydrogens is 545 g/mol. The van der Waals surface area contributed by atoms with Gasteiger partial charge in [-0.1, -0.05) is 109 Å². The van der Waals surface area contributed by atoms with Gasteiger partial charge in [0.05, 0.1) is 18.8 Å². The van der Waals surface area contributed by atoms with E-state index in [2.05, 4.69) is 109 Å². The van der Waals surface area contributed by atoms with Crippen molar-refractivity contribution in [3.8, 4) is 0 Å². The van der Waals surface area contributed by atoms with Crippen LogP contribution in [0.1, 0.15) is 75.7 Å². The van der Waals surface area contributed by atoms with Gasteiger partial charge in [-0.3, -0.25) is 4.79 Å². The molecule has 0 aromatic heterocycles. The van der Waals surface area contributed by atoms with Gasteiger partial charge < -0.3 is 18.3 Å². The average molecular weight is 599 g/mol. The second-order valence-corrected chi connectivity index (χ2v) is 22.3. The van der Waals surface area contributed by atoms with Crippen molar-refractivity contribution in [3.05, 3.63) is 60.7 Å². The molecule has 1 saturated heterocycles. The van der Waals surface area contributed by atoms with Crippen LogP contribution in [-0.2, 0) is 23.1 Å². The summed E-state index contributed by atoms with van der Waals surface area (Å²) in [5.41, 5.74) is 0. The third kappa shape index (κ3) is 7.67. The van der Waals surface area contributed by atoms with Gasteiger partial charge in [0.2, 0.25) is 0 Å². The highest BCUT2D eigenvalue weighted by atomic mass is 28.4. The third-order valence-corrected chi connectivity index (χ3v) is 18.7. The first kappa shape index (κ1) is 33.9. The van der Waals surface area contributed by atoms with Gasteiger partial charge in [-0.25, -0.2) is 0 Å². The standard InChI is InChI=1S/C34H54O5Si2/c1-11-40(12-2,13-3)39-28(24-26(4)31-32(27(5)35)38-34(9,10)37-31)25-36-41(33(6,7)8,29-20-16-14-17-21-29)30-22-18-15-19-23-30/h14-23,26,28,31-32H,11-13,24-25H2,1-10H3/t26-,28-,31+,32+/m1/s1. The lowest BCUT2D eigenvalue weighted by Gasteiger charge is -2.44. The molecule has 0 spiro atoms. The van der Waals surface area contributed by atoms with Crippen LogP contribution in [0.3, 0.4) is 0 Å². The monoisotopic (exact) mass is 598 g/mol. The van der Waals surface area contributed by atoms with Gasteiger partial charge in [0.25, 0.3) is 8.32 Å². The van der Waals surface area contributed by atoms with Gasteiger partial charge in [0, 0.05) is 0 Å². The van der Waals surface area contributed by atoms with Crippen LogP contribution in [0.5, 0.6) is 0 Å². The largest absolute Gasteiger partial charge is 0.412 e. The van der Waals surface area contributed by atoms with E-state index in [0.717, 1.165) is 24.6 Å². The normalized spacial score (nSPS) is 21.0. The topological polar surface area (TPSA) is 54.0 Å². The second kappa shape index (κ2) is 13.8. The number of carbonyl (C=O) groups is 1. The first-order valence-corrected chi connectivity index (χ1v) is 20.0. The first-order chi connectivity index (χ1) is 19.2. The molecule has 4 atom stereocenters. The minimum Gasteiger partial charge on any atom is -0.412 e. The second-order valence-electron chi connectivity index (χ2n) is 13.3. The van der Waals surface area contributed by atoms with E-state index >= 15 is 0 Å². The van der Waals surface area contributed by atoms with Gasteiger partial charge in [0.1, 0.15) is 6.10 Å². The maximum atomic E-state index is 12.5. The SMILES string of the molecule is CC[Si](CC)(CC)O[C@@H](CO[Si](c1ccccc1)(c1ccccc1)C(C)(C)C)C[C@@H](C)[C@@H]1OC(C)(C)O[C@H]1C(C)=O. The number of ketones is 1. The van der Waals surface area contributed by atoms with E-state index in [1.165, 1.54) is 10.4 Å². The maximum Gasteiger partial charge on any atom is 0.261 e. The molecule has 0 radical (unpaired) electrons. The van der Waals surface area contributed by atoms with E-state index < -0.39 is 28.5 Å². The van der Waals surface area contributed by atoms with E-state index in [1.807, 2.05) is 13.8 Å². The van der Waals surface area contributed by atoms with E-state index in [0.29, 0.717) is 6.61 Å². The number of Topliss-reactive ketones (excluding diaryl/α,β-unsaturated/α-hetero) is 1. The Morgan fingerprint density at radius 1 is 0.902 bits per heavy atom. The van der Waals surface area contributed by atoms with Crippen LogP contribution in [-0.4, -0.2) is 53.1 Å². The van der Waals surface area contributed by atoms with E-state index in [1.54, 1.807) is 6.92 Å². The molecule has 1 aliphatic heterocycles. The highest BCUT2D eigenvalue weighted by Gasteiger charge is 2.51. The Morgan fingerprint density at radius 2 is 1.39 bits per heavy atom. The van der Waals surface area contributed by atoms with E-state index in [4.69, 9.17) is 18.3 Å². The fourth-order valence-corrected chi connectivity index (χ4v) is 14.0. The number of hydrogen-bond donors (Lipinski definition) is 0. The van der Waals surface area contributed by atoms with Crippen LogP contribution in [0.4, 0.5) is 0 Å². The minimum atomic E-state index is -2.73. The van der Waals surface area contributed by atoms with Crippen LogP contribution in [0.25, 0.3) is 0 Å². The lowest BCUT2D eigenvalue weighted by Crippen LogP contribution is -2.67. The quantitative estimate of drug-likeness (QED) is 0.217. The Morgan fingerprint density at radius 3 is 1.80 bits per heavy atom. The Bertz CT molecular complexity index is 1050. The van der Waals surface area contributed by atoms with Crippen LogP contribution < -0.4 is 10.4 Å². The smallest absolute Gasteiger partial charge is 0.261 e. The predicted octanol–water partition coefficient (Wildman–Crippen LogP) is 7.09. The van der Waals surface area contributed by atoms with Crippen molar-refractivity contribution in [1.82, 2.24) is 0 Å². The zero-order valence-corrected chi connectivity index (χ0v) is 29.2. The van der Waals surface area contributed by atoms with Crippen molar-refractivity contribution < 1.29 is 23.1 Å². The van der Waals surface area contributed by atoms with Crippen LogP contribution in [0.15, 0.2) is 60.7 Å². The molecule has 1 fully saturated rings. The number of benzene rings is 2. The highest BCUT2D eigenvalue weighted by Crippen LogP contribution is 2.39. The average Bonchev–Trinajstić information content (AvgIpc) is 3.28. The van der Waals surface area contributed by atoms with Gasteiger partial charge in [-0.05, 0) is 66.7 Å². The summed E-state index contributed by atoms with van der Waals surface area (Å²) in [5, 5.41) is 2.41. The Labute approximate surface area is 251 Å². The summed E-state index contributed by atoms with van der Waals surface area (Å²) in [5.74, 6) is -0.727. The van der Waals surface area contributed by atoms with Crippen LogP contribution in [0, 0.1) is 5.92 Å². The molecule has 1 aliphatic rings. The van der Waals surface area contributed by atoms with Gasteiger partial charge in [0.15, 0.2) is 19.9 Å². The molecule has 228 valence electrons. The third-order valence-electron chi connectivity index (χ3n) is 8.98. The summed E-state index contributed by atoms with van der Waals surface area (Å²) in [6.07, 6.45) is -0.259. The molecule has 0 amide bonds. The van der Waals surface area contributed by atoms with Gasteiger partial charge in [-0.15, -0.1) is 0 Å². The number of rotatable bonds is 14. The molecule has 0 N–H and O–H groups in total. The summed E-state index contributed by atoms with van der Waals surface area (Å²) in [6, 6.07) is 24.8. The zero-order chi connectivity index (χ0) is 30.5. The molecule has 7 heteroatoms. The lowest BCUT2D eigenvalue weighted by molar-refractivity contribution is -0.156.